The predicted molar refractivity (Wildman–Crippen MR) is 79.9 cm³/mol. The molecule has 1 aliphatic rings. The lowest BCUT2D eigenvalue weighted by atomic mass is 10.1. The van der Waals surface area contributed by atoms with Gasteiger partial charge in [0.05, 0.1) is 18.5 Å². The van der Waals surface area contributed by atoms with Gasteiger partial charge in [0.15, 0.2) is 5.82 Å². The van der Waals surface area contributed by atoms with Crippen LogP contribution < -0.4 is 9.47 Å². The largest absolute Gasteiger partial charge is 0.497 e. The molecule has 0 aliphatic carbocycles. The van der Waals surface area contributed by atoms with Crippen LogP contribution in [0.5, 0.6) is 11.5 Å². The Kier molecular flexibility index (Phi) is 2.67. The van der Waals surface area contributed by atoms with Crippen LogP contribution in [0.2, 0.25) is 0 Å². The zero-order chi connectivity index (χ0) is 14.2. The summed E-state index contributed by atoms with van der Waals surface area (Å²) in [5.74, 6) is 2.65. The third kappa shape index (κ3) is 1.96. The van der Waals surface area contributed by atoms with E-state index in [0.717, 1.165) is 34.3 Å². The van der Waals surface area contributed by atoms with E-state index in [0.29, 0.717) is 6.61 Å². The maximum Gasteiger partial charge on any atom is 0.152 e. The summed E-state index contributed by atoms with van der Waals surface area (Å²) in [6.07, 6.45) is 2.05. The number of methoxy groups -OCH3 is 1. The second-order valence-corrected chi connectivity index (χ2v) is 4.90. The van der Waals surface area contributed by atoms with Gasteiger partial charge in [0, 0.05) is 11.8 Å². The van der Waals surface area contributed by atoms with Gasteiger partial charge in [-0.25, -0.2) is 4.98 Å². The molecular weight excluding hydrogens is 264 g/mol. The van der Waals surface area contributed by atoms with Crippen molar-refractivity contribution in [2.75, 3.05) is 7.11 Å². The molecule has 4 rings (SSSR count). The molecule has 1 aromatic heterocycles. The molecule has 0 spiro atoms. The fourth-order valence-corrected chi connectivity index (χ4v) is 2.55. The van der Waals surface area contributed by atoms with E-state index in [4.69, 9.17) is 9.47 Å². The molecular formula is C17H14N2O2. The number of aromatic nitrogens is 2. The number of imidazole rings is 1. The zero-order valence-corrected chi connectivity index (χ0v) is 11.6. The predicted octanol–water partition coefficient (Wildman–Crippen LogP) is 3.44. The molecule has 0 saturated heterocycles. The van der Waals surface area contributed by atoms with Gasteiger partial charge in [0.1, 0.15) is 18.1 Å². The average molecular weight is 278 g/mol. The van der Waals surface area contributed by atoms with Crippen LogP contribution in [0.4, 0.5) is 0 Å². The summed E-state index contributed by atoms with van der Waals surface area (Å²) in [7, 11) is 1.67. The minimum atomic E-state index is 0.493. The van der Waals surface area contributed by atoms with E-state index in [1.807, 2.05) is 48.5 Å². The van der Waals surface area contributed by atoms with Crippen LogP contribution in [0, 0.1) is 0 Å². The molecule has 21 heavy (non-hydrogen) atoms. The van der Waals surface area contributed by atoms with Gasteiger partial charge in [-0.15, -0.1) is 0 Å². The van der Waals surface area contributed by atoms with Gasteiger partial charge in [-0.3, -0.25) is 4.57 Å². The van der Waals surface area contributed by atoms with Gasteiger partial charge in [-0.2, -0.15) is 0 Å². The summed E-state index contributed by atoms with van der Waals surface area (Å²) in [6, 6.07) is 15.9. The smallest absolute Gasteiger partial charge is 0.152 e. The molecule has 0 fully saturated rings. The lowest BCUT2D eigenvalue weighted by Gasteiger charge is -2.18. The van der Waals surface area contributed by atoms with Crippen molar-refractivity contribution in [2.45, 2.75) is 6.61 Å². The highest BCUT2D eigenvalue weighted by atomic mass is 16.5. The number of rotatable bonds is 2. The van der Waals surface area contributed by atoms with Crippen molar-refractivity contribution in [3.8, 4) is 28.4 Å². The standard InChI is InChI=1S/C17H14N2O2/c1-20-13-8-6-12(7-9-13)14-10-19-15-4-2-3-5-16(15)21-11-17(19)18-14/h2-10H,11H2,1H3. The van der Waals surface area contributed by atoms with E-state index in [9.17, 15) is 0 Å². The topological polar surface area (TPSA) is 36.3 Å². The minimum Gasteiger partial charge on any atom is -0.497 e. The van der Waals surface area contributed by atoms with Crippen LogP contribution in [0.3, 0.4) is 0 Å². The van der Waals surface area contributed by atoms with Gasteiger partial charge in [0.25, 0.3) is 0 Å². The van der Waals surface area contributed by atoms with Crippen molar-refractivity contribution >= 4 is 0 Å². The fourth-order valence-electron chi connectivity index (χ4n) is 2.55. The Morgan fingerprint density at radius 2 is 1.90 bits per heavy atom. The van der Waals surface area contributed by atoms with E-state index >= 15 is 0 Å². The Hall–Kier alpha value is -2.75. The van der Waals surface area contributed by atoms with E-state index < -0.39 is 0 Å². The van der Waals surface area contributed by atoms with Gasteiger partial charge in [0.2, 0.25) is 0 Å². The molecule has 2 aromatic carbocycles. The number of nitrogens with zero attached hydrogens (tertiary/aromatic N) is 2. The van der Waals surface area contributed by atoms with Crippen LogP contribution >= 0.6 is 0 Å². The normalized spacial score (nSPS) is 12.2. The van der Waals surface area contributed by atoms with E-state index in [1.165, 1.54) is 0 Å². The molecule has 0 saturated carbocycles. The lowest BCUT2D eigenvalue weighted by Crippen LogP contribution is -2.12. The number of hydrogen-bond acceptors (Lipinski definition) is 3. The first-order valence-corrected chi connectivity index (χ1v) is 6.80. The highest BCUT2D eigenvalue weighted by Gasteiger charge is 2.19. The third-order valence-electron chi connectivity index (χ3n) is 3.65. The van der Waals surface area contributed by atoms with Crippen molar-refractivity contribution in [3.63, 3.8) is 0 Å². The first-order valence-electron chi connectivity index (χ1n) is 6.80. The molecule has 0 unspecified atom stereocenters. The van der Waals surface area contributed by atoms with Crippen molar-refractivity contribution in [3.05, 3.63) is 60.6 Å². The average Bonchev–Trinajstić information content (AvgIpc) is 2.99. The Morgan fingerprint density at radius 3 is 2.71 bits per heavy atom. The van der Waals surface area contributed by atoms with Gasteiger partial charge < -0.3 is 9.47 Å². The number of fused-ring (bicyclic) bond motifs is 3. The Labute approximate surface area is 122 Å². The van der Waals surface area contributed by atoms with Gasteiger partial charge in [-0.1, -0.05) is 12.1 Å². The highest BCUT2D eigenvalue weighted by molar-refractivity contribution is 5.62. The van der Waals surface area contributed by atoms with Gasteiger partial charge in [-0.05, 0) is 36.4 Å². The molecule has 0 radical (unpaired) electrons. The van der Waals surface area contributed by atoms with Crippen LogP contribution in [-0.4, -0.2) is 16.7 Å². The van der Waals surface area contributed by atoms with Crippen LogP contribution in [0.1, 0.15) is 5.82 Å². The number of para-hydroxylation sites is 2. The SMILES string of the molecule is COc1ccc(-c2cn3c(n2)COc2ccccc2-3)cc1. The molecule has 3 aromatic rings. The zero-order valence-electron chi connectivity index (χ0n) is 11.6. The Morgan fingerprint density at radius 1 is 1.10 bits per heavy atom. The first kappa shape index (κ1) is 12.0. The van der Waals surface area contributed by atoms with Crippen LogP contribution in [0.15, 0.2) is 54.7 Å². The Balaban J connectivity index is 1.79. The van der Waals surface area contributed by atoms with Crippen LogP contribution in [0.25, 0.3) is 16.9 Å². The molecule has 4 nitrogen and oxygen atoms in total. The van der Waals surface area contributed by atoms with E-state index in [1.54, 1.807) is 7.11 Å². The third-order valence-corrected chi connectivity index (χ3v) is 3.65. The summed E-state index contributed by atoms with van der Waals surface area (Å²) in [6.45, 7) is 0.493. The summed E-state index contributed by atoms with van der Waals surface area (Å²) < 4.78 is 13.0. The van der Waals surface area contributed by atoms with Crippen molar-refractivity contribution < 1.29 is 9.47 Å². The summed E-state index contributed by atoms with van der Waals surface area (Å²) in [5.41, 5.74) is 3.04. The molecule has 4 heteroatoms. The maximum atomic E-state index is 5.73. The van der Waals surface area contributed by atoms with Crippen molar-refractivity contribution in [1.82, 2.24) is 9.55 Å². The molecule has 0 amide bonds. The summed E-state index contributed by atoms with van der Waals surface area (Å²) in [4.78, 5) is 4.67. The Bertz CT molecular complexity index is 791. The second-order valence-electron chi connectivity index (χ2n) is 4.90. The number of benzene rings is 2. The lowest BCUT2D eigenvalue weighted by molar-refractivity contribution is 0.279. The number of hydrogen-bond donors (Lipinski definition) is 0. The monoisotopic (exact) mass is 278 g/mol. The molecule has 2 heterocycles. The van der Waals surface area contributed by atoms with E-state index in [2.05, 4.69) is 15.7 Å². The molecule has 1 aliphatic heterocycles. The molecule has 0 bridgehead atoms. The quantitative estimate of drug-likeness (QED) is 0.720. The maximum absolute atomic E-state index is 5.73. The van der Waals surface area contributed by atoms with Gasteiger partial charge >= 0.3 is 0 Å². The van der Waals surface area contributed by atoms with Crippen molar-refractivity contribution in [1.29, 1.82) is 0 Å². The van der Waals surface area contributed by atoms with Crippen molar-refractivity contribution in [2.24, 2.45) is 0 Å². The second kappa shape index (κ2) is 4.66. The number of ether oxygens (including phenoxy) is 2. The van der Waals surface area contributed by atoms with E-state index in [-0.39, 0.29) is 0 Å². The molecule has 0 atom stereocenters. The minimum absolute atomic E-state index is 0.493. The van der Waals surface area contributed by atoms with Crippen LogP contribution in [-0.2, 0) is 6.61 Å². The summed E-state index contributed by atoms with van der Waals surface area (Å²) >= 11 is 0. The molecule has 104 valence electrons. The summed E-state index contributed by atoms with van der Waals surface area (Å²) in [5, 5.41) is 0. The molecule has 0 N–H and O–H groups in total. The first-order chi connectivity index (χ1) is 10.3. The highest BCUT2D eigenvalue weighted by Crippen LogP contribution is 2.31. The fraction of sp³-hybridized carbons (Fsp3) is 0.118.